The van der Waals surface area contributed by atoms with Crippen molar-refractivity contribution < 1.29 is 4.42 Å². The topological polar surface area (TPSA) is 63.0 Å². The number of rotatable bonds is 5. The molecule has 0 aliphatic heterocycles. The molecule has 3 aromatic carbocycles. The van der Waals surface area contributed by atoms with Gasteiger partial charge in [-0.05, 0) is 29.8 Å². The number of nitrogens with one attached hydrogen (secondary N) is 2. The zero-order valence-electron chi connectivity index (χ0n) is 16.5. The molecule has 2 aromatic heterocycles. The lowest BCUT2D eigenvalue weighted by atomic mass is 9.99. The van der Waals surface area contributed by atoms with E-state index in [0.717, 1.165) is 39.2 Å². The fourth-order valence-corrected chi connectivity index (χ4v) is 3.56. The lowest BCUT2D eigenvalue weighted by Crippen LogP contribution is -1.96. The molecule has 0 amide bonds. The molecule has 0 bridgehead atoms. The number of furan rings is 1. The molecule has 0 aliphatic rings. The van der Waals surface area contributed by atoms with E-state index in [-0.39, 0.29) is 0 Å². The zero-order chi connectivity index (χ0) is 20.3. The summed E-state index contributed by atoms with van der Waals surface area (Å²) in [4.78, 5) is 8.96. The molecule has 0 fully saturated rings. The smallest absolute Gasteiger partial charge is 0.232 e. The Hall–Kier alpha value is -4.12. The zero-order valence-corrected chi connectivity index (χ0v) is 16.5. The van der Waals surface area contributed by atoms with Crippen molar-refractivity contribution in [3.8, 4) is 22.5 Å². The van der Waals surface area contributed by atoms with E-state index in [4.69, 9.17) is 4.42 Å². The van der Waals surface area contributed by atoms with E-state index in [2.05, 4.69) is 32.7 Å². The monoisotopic (exact) mass is 392 g/mol. The van der Waals surface area contributed by atoms with Crippen molar-refractivity contribution in [1.82, 2.24) is 9.97 Å². The van der Waals surface area contributed by atoms with Crippen molar-refractivity contribution in [2.45, 2.75) is 0 Å². The van der Waals surface area contributed by atoms with Gasteiger partial charge in [0.05, 0.1) is 5.39 Å². The molecule has 0 saturated heterocycles. The molecule has 30 heavy (non-hydrogen) atoms. The molecule has 5 heteroatoms. The van der Waals surface area contributed by atoms with Crippen molar-refractivity contribution in [2.75, 3.05) is 17.7 Å². The van der Waals surface area contributed by atoms with E-state index >= 15 is 0 Å². The number of hydrogen-bond donors (Lipinski definition) is 2. The summed E-state index contributed by atoms with van der Waals surface area (Å²) >= 11 is 0. The Labute approximate surface area is 174 Å². The number of benzene rings is 3. The lowest BCUT2D eigenvalue weighted by Gasteiger charge is -2.09. The van der Waals surface area contributed by atoms with Gasteiger partial charge in [0.25, 0.3) is 0 Å². The lowest BCUT2D eigenvalue weighted by molar-refractivity contribution is 0.618. The first-order valence-electron chi connectivity index (χ1n) is 9.76. The second-order valence-electron chi connectivity index (χ2n) is 6.89. The normalized spacial score (nSPS) is 10.8. The van der Waals surface area contributed by atoms with E-state index in [1.807, 2.05) is 79.8 Å². The minimum absolute atomic E-state index is 0.553. The second-order valence-corrected chi connectivity index (χ2v) is 6.89. The molecule has 0 saturated carbocycles. The molecule has 5 nitrogen and oxygen atoms in total. The van der Waals surface area contributed by atoms with Crippen molar-refractivity contribution in [1.29, 1.82) is 0 Å². The van der Waals surface area contributed by atoms with Gasteiger partial charge in [-0.1, -0.05) is 60.7 Å². The van der Waals surface area contributed by atoms with Crippen LogP contribution in [0.15, 0.2) is 95.7 Å². The summed E-state index contributed by atoms with van der Waals surface area (Å²) in [7, 11) is 1.90. The van der Waals surface area contributed by atoms with Gasteiger partial charge < -0.3 is 15.1 Å². The molecular weight excluding hydrogens is 372 g/mol. The van der Waals surface area contributed by atoms with Crippen LogP contribution in [0, 0.1) is 0 Å². The average molecular weight is 392 g/mol. The molecule has 0 radical (unpaired) electrons. The van der Waals surface area contributed by atoms with Crippen LogP contribution in [-0.4, -0.2) is 17.0 Å². The maximum absolute atomic E-state index is 6.25. The van der Waals surface area contributed by atoms with Gasteiger partial charge in [-0.15, -0.1) is 0 Å². The van der Waals surface area contributed by atoms with E-state index in [9.17, 15) is 0 Å². The maximum atomic E-state index is 6.25. The van der Waals surface area contributed by atoms with Gasteiger partial charge in [-0.25, -0.2) is 9.97 Å². The van der Waals surface area contributed by atoms with Crippen molar-refractivity contribution in [2.24, 2.45) is 0 Å². The first-order valence-corrected chi connectivity index (χ1v) is 9.76. The largest absolute Gasteiger partial charge is 0.437 e. The van der Waals surface area contributed by atoms with Crippen molar-refractivity contribution in [3.63, 3.8) is 0 Å². The number of anilines is 3. The van der Waals surface area contributed by atoms with Gasteiger partial charge in [-0.2, -0.15) is 0 Å². The molecule has 0 spiro atoms. The molecule has 146 valence electrons. The highest BCUT2D eigenvalue weighted by molar-refractivity contribution is 6.06. The van der Waals surface area contributed by atoms with Crippen LogP contribution in [0.25, 0.3) is 33.6 Å². The van der Waals surface area contributed by atoms with Gasteiger partial charge in [0.1, 0.15) is 17.9 Å². The molecule has 2 heterocycles. The van der Waals surface area contributed by atoms with Gasteiger partial charge in [0.15, 0.2) is 0 Å². The van der Waals surface area contributed by atoms with Crippen LogP contribution in [0.3, 0.4) is 0 Å². The highest BCUT2D eigenvalue weighted by Gasteiger charge is 2.22. The second kappa shape index (κ2) is 7.72. The number of aromatic nitrogens is 2. The van der Waals surface area contributed by atoms with Gasteiger partial charge in [0, 0.05) is 29.5 Å². The summed E-state index contributed by atoms with van der Waals surface area (Å²) in [6, 6.07) is 28.4. The summed E-state index contributed by atoms with van der Waals surface area (Å²) in [5, 5.41) is 7.43. The fraction of sp³-hybridized carbons (Fsp3) is 0.0400. The molecule has 0 atom stereocenters. The Morgan fingerprint density at radius 2 is 1.33 bits per heavy atom. The standard InChI is InChI=1S/C25H20N4O/c1-26-19-12-14-20(15-13-19)29-24-22-21(17-8-4-2-5-9-17)23(18-10-6-3-7-11-18)30-25(22)28-16-27-24/h2-16,26H,1H3,(H,27,28,29). The third-order valence-corrected chi connectivity index (χ3v) is 5.02. The third-order valence-electron chi connectivity index (χ3n) is 5.02. The number of nitrogens with zero attached hydrogens (tertiary/aromatic N) is 2. The summed E-state index contributed by atoms with van der Waals surface area (Å²) in [6.07, 6.45) is 1.53. The minimum atomic E-state index is 0.553. The van der Waals surface area contributed by atoms with E-state index < -0.39 is 0 Å². The van der Waals surface area contributed by atoms with Crippen LogP contribution in [0.1, 0.15) is 0 Å². The SMILES string of the molecule is CNc1ccc(Nc2ncnc3oc(-c4ccccc4)c(-c4ccccc4)c23)cc1. The van der Waals surface area contributed by atoms with E-state index in [1.165, 1.54) is 6.33 Å². The Morgan fingerprint density at radius 3 is 2.00 bits per heavy atom. The summed E-state index contributed by atoms with van der Waals surface area (Å²) in [5.41, 5.74) is 5.57. The Morgan fingerprint density at radius 1 is 0.700 bits per heavy atom. The fourth-order valence-electron chi connectivity index (χ4n) is 3.56. The highest BCUT2D eigenvalue weighted by atomic mass is 16.3. The van der Waals surface area contributed by atoms with E-state index in [0.29, 0.717) is 11.5 Å². The van der Waals surface area contributed by atoms with E-state index in [1.54, 1.807) is 0 Å². The molecule has 5 rings (SSSR count). The maximum Gasteiger partial charge on any atom is 0.232 e. The van der Waals surface area contributed by atoms with Gasteiger partial charge >= 0.3 is 0 Å². The van der Waals surface area contributed by atoms with Crippen LogP contribution in [0.4, 0.5) is 17.2 Å². The summed E-state index contributed by atoms with van der Waals surface area (Å²) in [5.74, 6) is 1.49. The first-order chi connectivity index (χ1) is 14.8. The Kier molecular flexibility index (Phi) is 4.62. The Balaban J connectivity index is 1.72. The molecule has 0 unspecified atom stereocenters. The molecule has 2 N–H and O–H groups in total. The molecule has 5 aromatic rings. The first kappa shape index (κ1) is 17.9. The van der Waals surface area contributed by atoms with Gasteiger partial charge in [0.2, 0.25) is 5.71 Å². The third kappa shape index (κ3) is 3.26. The van der Waals surface area contributed by atoms with Crippen LogP contribution in [0.2, 0.25) is 0 Å². The summed E-state index contributed by atoms with van der Waals surface area (Å²) in [6.45, 7) is 0. The van der Waals surface area contributed by atoms with Crippen LogP contribution < -0.4 is 10.6 Å². The highest BCUT2D eigenvalue weighted by Crippen LogP contribution is 2.42. The van der Waals surface area contributed by atoms with Crippen LogP contribution >= 0.6 is 0 Å². The number of fused-ring (bicyclic) bond motifs is 1. The molecular formula is C25H20N4O. The van der Waals surface area contributed by atoms with Crippen molar-refractivity contribution in [3.05, 3.63) is 91.3 Å². The quantitative estimate of drug-likeness (QED) is 0.365. The minimum Gasteiger partial charge on any atom is -0.437 e. The number of hydrogen-bond acceptors (Lipinski definition) is 5. The Bertz CT molecular complexity index is 1280. The van der Waals surface area contributed by atoms with Crippen LogP contribution in [0.5, 0.6) is 0 Å². The van der Waals surface area contributed by atoms with Crippen molar-refractivity contribution >= 4 is 28.3 Å². The van der Waals surface area contributed by atoms with Gasteiger partial charge in [-0.3, -0.25) is 0 Å². The average Bonchev–Trinajstić information content (AvgIpc) is 3.21. The van der Waals surface area contributed by atoms with Crippen LogP contribution in [-0.2, 0) is 0 Å². The summed E-state index contributed by atoms with van der Waals surface area (Å²) < 4.78 is 6.25. The predicted molar refractivity (Wildman–Crippen MR) is 122 cm³/mol. The molecule has 0 aliphatic carbocycles. The predicted octanol–water partition coefficient (Wildman–Crippen LogP) is 6.34.